The summed E-state index contributed by atoms with van der Waals surface area (Å²) in [6.07, 6.45) is 3.10. The summed E-state index contributed by atoms with van der Waals surface area (Å²) in [7, 11) is 0. The fourth-order valence-electron chi connectivity index (χ4n) is 4.56. The first-order valence-corrected chi connectivity index (χ1v) is 11.4. The largest absolute Gasteiger partial charge is 0.459 e. The molecule has 0 atom stereocenters. The fourth-order valence-corrected chi connectivity index (χ4v) is 4.56. The molecule has 2 saturated heterocycles. The molecule has 0 radical (unpaired) electrons. The van der Waals surface area contributed by atoms with Gasteiger partial charge >= 0.3 is 0 Å². The van der Waals surface area contributed by atoms with Crippen LogP contribution in [0.4, 0.5) is 5.82 Å². The van der Waals surface area contributed by atoms with E-state index in [1.165, 1.54) is 6.26 Å². The molecule has 2 aromatic heterocycles. The van der Waals surface area contributed by atoms with Gasteiger partial charge in [-0.1, -0.05) is 30.3 Å². The number of piperazine rings is 1. The second kappa shape index (κ2) is 9.44. The molecule has 1 aromatic carbocycles. The van der Waals surface area contributed by atoms with Crippen LogP contribution in [0.2, 0.25) is 0 Å². The molecule has 0 spiro atoms. The second-order valence-corrected chi connectivity index (χ2v) is 8.50. The first-order chi connectivity index (χ1) is 16.2. The quantitative estimate of drug-likeness (QED) is 0.614. The predicted molar refractivity (Wildman–Crippen MR) is 124 cm³/mol. The number of anilines is 1. The zero-order valence-electron chi connectivity index (χ0n) is 18.5. The molecule has 3 aromatic rings. The normalized spacial score (nSPS) is 17.3. The van der Waals surface area contributed by atoms with Crippen molar-refractivity contribution in [3.05, 3.63) is 66.6 Å². The lowest BCUT2D eigenvalue weighted by molar-refractivity contribution is -0.137. The summed E-state index contributed by atoms with van der Waals surface area (Å²) in [6, 6.07) is 17.4. The summed E-state index contributed by atoms with van der Waals surface area (Å²) < 4.78 is 5.21. The van der Waals surface area contributed by atoms with Crippen molar-refractivity contribution >= 4 is 17.6 Å². The molecule has 2 aliphatic rings. The van der Waals surface area contributed by atoms with Gasteiger partial charge in [0.1, 0.15) is 0 Å². The highest BCUT2D eigenvalue weighted by atomic mass is 16.3. The maximum Gasteiger partial charge on any atom is 0.289 e. The third kappa shape index (κ3) is 4.60. The molecule has 33 heavy (non-hydrogen) atoms. The Morgan fingerprint density at radius 3 is 2.15 bits per heavy atom. The Bertz CT molecular complexity index is 1070. The summed E-state index contributed by atoms with van der Waals surface area (Å²) in [5.74, 6) is 1.31. The van der Waals surface area contributed by atoms with E-state index in [-0.39, 0.29) is 17.7 Å². The van der Waals surface area contributed by atoms with Crippen molar-refractivity contribution in [2.24, 2.45) is 5.92 Å². The Morgan fingerprint density at radius 1 is 0.788 bits per heavy atom. The molecule has 5 rings (SSSR count). The first-order valence-electron chi connectivity index (χ1n) is 11.4. The minimum atomic E-state index is -0.111. The minimum Gasteiger partial charge on any atom is -0.459 e. The lowest BCUT2D eigenvalue weighted by atomic mass is 9.95. The first kappa shape index (κ1) is 21.2. The Balaban J connectivity index is 1.12. The third-order valence-corrected chi connectivity index (χ3v) is 6.50. The molecule has 4 heterocycles. The lowest BCUT2D eigenvalue weighted by Crippen LogP contribution is -2.53. The van der Waals surface area contributed by atoms with Gasteiger partial charge in [0.2, 0.25) is 5.91 Å². The van der Waals surface area contributed by atoms with Gasteiger partial charge in [-0.05, 0) is 37.1 Å². The zero-order valence-corrected chi connectivity index (χ0v) is 18.5. The number of piperidine rings is 1. The van der Waals surface area contributed by atoms with E-state index in [0.29, 0.717) is 31.9 Å². The monoisotopic (exact) mass is 445 g/mol. The van der Waals surface area contributed by atoms with Crippen LogP contribution in [0.25, 0.3) is 11.3 Å². The van der Waals surface area contributed by atoms with Crippen molar-refractivity contribution in [2.45, 2.75) is 12.8 Å². The summed E-state index contributed by atoms with van der Waals surface area (Å²) in [5.41, 5.74) is 1.90. The number of aromatic nitrogens is 2. The number of benzene rings is 1. The Morgan fingerprint density at radius 2 is 1.52 bits per heavy atom. The van der Waals surface area contributed by atoms with Gasteiger partial charge in [-0.3, -0.25) is 9.59 Å². The highest BCUT2D eigenvalue weighted by molar-refractivity contribution is 5.91. The zero-order chi connectivity index (χ0) is 22.6. The fraction of sp³-hybridized carbons (Fsp3) is 0.360. The highest BCUT2D eigenvalue weighted by Gasteiger charge is 2.32. The van der Waals surface area contributed by atoms with E-state index >= 15 is 0 Å². The summed E-state index contributed by atoms with van der Waals surface area (Å²) in [4.78, 5) is 31.3. The van der Waals surface area contributed by atoms with E-state index in [1.807, 2.05) is 47.4 Å². The molecule has 0 saturated carbocycles. The summed E-state index contributed by atoms with van der Waals surface area (Å²) in [6.45, 7) is 3.77. The van der Waals surface area contributed by atoms with Crippen LogP contribution in [0.5, 0.6) is 0 Å². The van der Waals surface area contributed by atoms with E-state index in [1.54, 1.807) is 17.0 Å². The van der Waals surface area contributed by atoms with Crippen LogP contribution in [0.1, 0.15) is 23.4 Å². The van der Waals surface area contributed by atoms with E-state index in [4.69, 9.17) is 4.42 Å². The molecular formula is C25H27N5O3. The van der Waals surface area contributed by atoms with Crippen LogP contribution in [-0.2, 0) is 4.79 Å². The van der Waals surface area contributed by atoms with Crippen LogP contribution in [0.15, 0.2) is 65.3 Å². The number of carbonyl (C=O) groups is 2. The van der Waals surface area contributed by atoms with Gasteiger partial charge in [0, 0.05) is 50.7 Å². The van der Waals surface area contributed by atoms with E-state index in [0.717, 1.165) is 43.0 Å². The standard InChI is InChI=1S/C25H27N5O3/c31-24(29-14-16-30(17-15-29)25(32)22-7-4-18-33-22)20-10-12-28(13-11-20)23-9-8-21(26-27-23)19-5-2-1-3-6-19/h1-9,18,20H,10-17H2. The molecule has 8 heteroatoms. The molecular weight excluding hydrogens is 418 g/mol. The third-order valence-electron chi connectivity index (χ3n) is 6.50. The second-order valence-electron chi connectivity index (χ2n) is 8.50. The van der Waals surface area contributed by atoms with Crippen LogP contribution < -0.4 is 4.90 Å². The van der Waals surface area contributed by atoms with E-state index in [2.05, 4.69) is 15.1 Å². The molecule has 2 fully saturated rings. The van der Waals surface area contributed by atoms with Crippen LogP contribution >= 0.6 is 0 Å². The van der Waals surface area contributed by atoms with Crippen molar-refractivity contribution in [1.82, 2.24) is 20.0 Å². The number of furan rings is 1. The van der Waals surface area contributed by atoms with Crippen molar-refractivity contribution in [2.75, 3.05) is 44.2 Å². The summed E-state index contributed by atoms with van der Waals surface area (Å²) >= 11 is 0. The van der Waals surface area contributed by atoms with Crippen molar-refractivity contribution in [3.8, 4) is 11.3 Å². The van der Waals surface area contributed by atoms with Crippen LogP contribution in [0, 0.1) is 5.92 Å². The molecule has 0 unspecified atom stereocenters. The van der Waals surface area contributed by atoms with Gasteiger partial charge in [0.05, 0.1) is 12.0 Å². The lowest BCUT2D eigenvalue weighted by Gasteiger charge is -2.38. The molecule has 0 aliphatic carbocycles. The number of carbonyl (C=O) groups excluding carboxylic acids is 2. The molecule has 2 amide bonds. The van der Waals surface area contributed by atoms with Crippen molar-refractivity contribution in [3.63, 3.8) is 0 Å². The molecule has 8 nitrogen and oxygen atoms in total. The maximum absolute atomic E-state index is 13.1. The van der Waals surface area contributed by atoms with E-state index in [9.17, 15) is 9.59 Å². The van der Waals surface area contributed by atoms with Crippen molar-refractivity contribution in [1.29, 1.82) is 0 Å². The van der Waals surface area contributed by atoms with Gasteiger partial charge in [-0.2, -0.15) is 0 Å². The number of amides is 2. The average molecular weight is 446 g/mol. The van der Waals surface area contributed by atoms with Gasteiger partial charge in [0.25, 0.3) is 5.91 Å². The molecule has 0 bridgehead atoms. The minimum absolute atomic E-state index is 0.0186. The van der Waals surface area contributed by atoms with Gasteiger partial charge in [-0.15, -0.1) is 10.2 Å². The van der Waals surface area contributed by atoms with Crippen molar-refractivity contribution < 1.29 is 14.0 Å². The smallest absolute Gasteiger partial charge is 0.289 e. The number of nitrogens with zero attached hydrogens (tertiary/aromatic N) is 5. The number of hydrogen-bond acceptors (Lipinski definition) is 6. The Labute approximate surface area is 192 Å². The number of rotatable bonds is 4. The molecule has 2 aliphatic heterocycles. The Hall–Kier alpha value is -3.68. The van der Waals surface area contributed by atoms with Crippen LogP contribution in [-0.4, -0.2) is 71.1 Å². The van der Waals surface area contributed by atoms with Gasteiger partial charge < -0.3 is 19.1 Å². The number of hydrogen-bond donors (Lipinski definition) is 0. The Kier molecular flexibility index (Phi) is 6.06. The molecule has 0 N–H and O–H groups in total. The van der Waals surface area contributed by atoms with Crippen LogP contribution in [0.3, 0.4) is 0 Å². The topological polar surface area (TPSA) is 82.8 Å². The predicted octanol–water partition coefficient (Wildman–Crippen LogP) is 2.94. The SMILES string of the molecule is O=C(c1ccco1)N1CCN(C(=O)C2CCN(c3ccc(-c4ccccc4)nn3)CC2)CC1. The van der Waals surface area contributed by atoms with Gasteiger partial charge in [-0.25, -0.2) is 0 Å². The maximum atomic E-state index is 13.1. The van der Waals surface area contributed by atoms with Gasteiger partial charge in [0.15, 0.2) is 11.6 Å². The highest BCUT2D eigenvalue weighted by Crippen LogP contribution is 2.25. The summed E-state index contributed by atoms with van der Waals surface area (Å²) in [5, 5.41) is 8.81. The average Bonchev–Trinajstić information content (AvgIpc) is 3.44. The molecule has 170 valence electrons. The van der Waals surface area contributed by atoms with E-state index < -0.39 is 0 Å².